The van der Waals surface area contributed by atoms with E-state index in [1.807, 2.05) is 36.4 Å². The average Bonchev–Trinajstić information content (AvgIpc) is 3.12. The minimum atomic E-state index is -0.347. The number of H-pyrrole nitrogens is 1. The fraction of sp³-hybridized carbons (Fsp3) is 0.308. The van der Waals surface area contributed by atoms with E-state index in [0.29, 0.717) is 19.6 Å². The van der Waals surface area contributed by atoms with Crippen LogP contribution in [-0.4, -0.2) is 29.4 Å². The number of para-hydroxylation sites is 2. The number of hydrogen-bond acceptors (Lipinski definition) is 3. The lowest BCUT2D eigenvalue weighted by Gasteiger charge is -2.12. The third-order valence-electron chi connectivity index (χ3n) is 5.48. The maximum absolute atomic E-state index is 10.2. The molecule has 156 valence electrons. The molecule has 0 saturated heterocycles. The number of aromatic nitrogens is 1. The van der Waals surface area contributed by atoms with Gasteiger partial charge in [-0.1, -0.05) is 36.4 Å². The smallest absolute Gasteiger partial charge is 0.122 e. The lowest BCUT2D eigenvalue weighted by Crippen LogP contribution is -2.12. The van der Waals surface area contributed by atoms with E-state index in [2.05, 4.69) is 42.2 Å². The number of fused-ring (bicyclic) bond motifs is 3. The number of aryl methyl sites for hydroxylation is 1. The molecule has 4 rings (SSSR count). The topological polar surface area (TPSA) is 54.5 Å². The Morgan fingerprint density at radius 2 is 1.60 bits per heavy atom. The first-order valence-corrected chi connectivity index (χ1v) is 10.7. The lowest BCUT2D eigenvalue weighted by molar-refractivity contribution is 0.126. The third kappa shape index (κ3) is 4.95. The molecule has 3 aromatic carbocycles. The largest absolute Gasteiger partial charge is 0.493 e. The van der Waals surface area contributed by atoms with Crippen molar-refractivity contribution in [2.24, 2.45) is 0 Å². The first-order chi connectivity index (χ1) is 14.7. The number of benzene rings is 3. The Balaban J connectivity index is 1.17. The summed E-state index contributed by atoms with van der Waals surface area (Å²) in [5.74, 6) is 1.77. The number of aliphatic hydroxyl groups is 1. The molecule has 0 aliphatic heterocycles. The van der Waals surface area contributed by atoms with Gasteiger partial charge in [0.2, 0.25) is 0 Å². The lowest BCUT2D eigenvalue weighted by atomic mass is 10.1. The van der Waals surface area contributed by atoms with E-state index in [0.717, 1.165) is 47.4 Å². The molecule has 0 aliphatic rings. The van der Waals surface area contributed by atoms with Gasteiger partial charge in [-0.3, -0.25) is 0 Å². The molecular weight excluding hydrogens is 374 g/mol. The quantitative estimate of drug-likeness (QED) is 0.319. The SMILES string of the molecule is Cc1ccccc1OCCCCC(O)CCOc1ccc2c(c1)[nH]c1ccccc12. The summed E-state index contributed by atoms with van der Waals surface area (Å²) in [6.45, 7) is 3.24. The van der Waals surface area contributed by atoms with Crippen molar-refractivity contribution in [2.45, 2.75) is 38.7 Å². The monoisotopic (exact) mass is 403 g/mol. The van der Waals surface area contributed by atoms with Crippen molar-refractivity contribution < 1.29 is 14.6 Å². The summed E-state index contributed by atoms with van der Waals surface area (Å²) in [6, 6.07) is 22.5. The van der Waals surface area contributed by atoms with Crippen LogP contribution in [0.5, 0.6) is 11.5 Å². The molecule has 4 heteroatoms. The first kappa shape index (κ1) is 20.3. The predicted octanol–water partition coefficient (Wildman–Crippen LogP) is 6.01. The van der Waals surface area contributed by atoms with Gasteiger partial charge in [-0.15, -0.1) is 0 Å². The van der Waals surface area contributed by atoms with Crippen molar-refractivity contribution in [3.8, 4) is 11.5 Å². The molecule has 4 nitrogen and oxygen atoms in total. The van der Waals surface area contributed by atoms with Crippen molar-refractivity contribution >= 4 is 21.8 Å². The Morgan fingerprint density at radius 1 is 0.800 bits per heavy atom. The predicted molar refractivity (Wildman–Crippen MR) is 122 cm³/mol. The zero-order valence-corrected chi connectivity index (χ0v) is 17.4. The molecule has 1 heterocycles. The van der Waals surface area contributed by atoms with Crippen molar-refractivity contribution in [3.63, 3.8) is 0 Å². The highest BCUT2D eigenvalue weighted by molar-refractivity contribution is 6.07. The standard InChI is InChI=1S/C26H29NO3/c1-19-8-2-5-12-26(19)30-16-7-6-9-20(28)15-17-29-21-13-14-23-22-10-3-4-11-24(22)27-25(23)18-21/h2-5,8,10-14,18,20,27-28H,6-7,9,15-17H2,1H3. The van der Waals surface area contributed by atoms with Crippen LogP contribution in [0.15, 0.2) is 66.7 Å². The second-order valence-corrected chi connectivity index (χ2v) is 7.78. The number of aliphatic hydroxyl groups excluding tert-OH is 1. The highest BCUT2D eigenvalue weighted by atomic mass is 16.5. The number of unbranched alkanes of at least 4 members (excludes halogenated alkanes) is 1. The minimum Gasteiger partial charge on any atom is -0.493 e. The molecular formula is C26H29NO3. The van der Waals surface area contributed by atoms with Crippen LogP contribution in [0, 0.1) is 6.92 Å². The molecule has 1 aromatic heterocycles. The van der Waals surface area contributed by atoms with E-state index in [9.17, 15) is 5.11 Å². The Morgan fingerprint density at radius 3 is 2.50 bits per heavy atom. The molecule has 0 saturated carbocycles. The molecule has 4 aromatic rings. The van der Waals surface area contributed by atoms with Gasteiger partial charge in [-0.05, 0) is 56.0 Å². The van der Waals surface area contributed by atoms with Crippen LogP contribution in [0.3, 0.4) is 0 Å². The molecule has 0 amide bonds. The molecule has 0 aliphatic carbocycles. The summed E-state index contributed by atoms with van der Waals surface area (Å²) in [4.78, 5) is 3.43. The number of nitrogens with one attached hydrogen (secondary N) is 1. The Hall–Kier alpha value is -2.98. The zero-order chi connectivity index (χ0) is 20.8. The highest BCUT2D eigenvalue weighted by Gasteiger charge is 2.07. The van der Waals surface area contributed by atoms with E-state index in [1.165, 1.54) is 10.8 Å². The first-order valence-electron chi connectivity index (χ1n) is 10.7. The Labute approximate surface area is 177 Å². The van der Waals surface area contributed by atoms with Gasteiger partial charge in [-0.25, -0.2) is 0 Å². The number of ether oxygens (including phenoxy) is 2. The molecule has 30 heavy (non-hydrogen) atoms. The molecule has 0 spiro atoms. The van der Waals surface area contributed by atoms with Gasteiger partial charge < -0.3 is 19.6 Å². The second kappa shape index (κ2) is 9.68. The molecule has 0 radical (unpaired) electrons. The maximum Gasteiger partial charge on any atom is 0.122 e. The summed E-state index contributed by atoms with van der Waals surface area (Å²) < 4.78 is 11.7. The van der Waals surface area contributed by atoms with Crippen LogP contribution in [0.2, 0.25) is 0 Å². The number of hydrogen-bond donors (Lipinski definition) is 2. The molecule has 0 fully saturated rings. The minimum absolute atomic E-state index is 0.347. The molecule has 0 bridgehead atoms. The zero-order valence-electron chi connectivity index (χ0n) is 17.4. The van der Waals surface area contributed by atoms with Crippen molar-refractivity contribution in [3.05, 3.63) is 72.3 Å². The fourth-order valence-electron chi connectivity index (χ4n) is 3.76. The van der Waals surface area contributed by atoms with Crippen LogP contribution in [0.25, 0.3) is 21.8 Å². The van der Waals surface area contributed by atoms with E-state index in [-0.39, 0.29) is 6.10 Å². The summed E-state index contributed by atoms with van der Waals surface area (Å²) in [7, 11) is 0. The van der Waals surface area contributed by atoms with Crippen LogP contribution >= 0.6 is 0 Å². The summed E-state index contributed by atoms with van der Waals surface area (Å²) in [5, 5.41) is 12.7. The van der Waals surface area contributed by atoms with Crippen LogP contribution in [0.4, 0.5) is 0 Å². The second-order valence-electron chi connectivity index (χ2n) is 7.78. The van der Waals surface area contributed by atoms with Crippen molar-refractivity contribution in [2.75, 3.05) is 13.2 Å². The van der Waals surface area contributed by atoms with E-state index >= 15 is 0 Å². The van der Waals surface area contributed by atoms with Gasteiger partial charge in [0.05, 0.1) is 24.8 Å². The molecule has 1 atom stereocenters. The normalized spacial score (nSPS) is 12.3. The fourth-order valence-corrected chi connectivity index (χ4v) is 3.76. The molecule has 2 N–H and O–H groups in total. The van der Waals surface area contributed by atoms with Gasteiger partial charge in [0, 0.05) is 28.8 Å². The molecule has 1 unspecified atom stereocenters. The van der Waals surface area contributed by atoms with Crippen LogP contribution in [-0.2, 0) is 0 Å². The van der Waals surface area contributed by atoms with Gasteiger partial charge >= 0.3 is 0 Å². The van der Waals surface area contributed by atoms with Gasteiger partial charge in [0.15, 0.2) is 0 Å². The summed E-state index contributed by atoms with van der Waals surface area (Å²) in [6.07, 6.45) is 2.92. The third-order valence-corrected chi connectivity index (χ3v) is 5.48. The van der Waals surface area contributed by atoms with Gasteiger partial charge in [0.1, 0.15) is 11.5 Å². The number of aromatic amines is 1. The summed E-state index contributed by atoms with van der Waals surface area (Å²) >= 11 is 0. The van der Waals surface area contributed by atoms with Crippen LogP contribution in [0.1, 0.15) is 31.2 Å². The maximum atomic E-state index is 10.2. The van der Waals surface area contributed by atoms with E-state index < -0.39 is 0 Å². The van der Waals surface area contributed by atoms with Crippen molar-refractivity contribution in [1.82, 2.24) is 4.98 Å². The van der Waals surface area contributed by atoms with Gasteiger partial charge in [-0.2, -0.15) is 0 Å². The van der Waals surface area contributed by atoms with E-state index in [1.54, 1.807) is 0 Å². The van der Waals surface area contributed by atoms with E-state index in [4.69, 9.17) is 9.47 Å². The summed E-state index contributed by atoms with van der Waals surface area (Å²) in [5.41, 5.74) is 3.36. The average molecular weight is 404 g/mol. The van der Waals surface area contributed by atoms with Gasteiger partial charge in [0.25, 0.3) is 0 Å². The van der Waals surface area contributed by atoms with Crippen molar-refractivity contribution in [1.29, 1.82) is 0 Å². The van der Waals surface area contributed by atoms with Crippen LogP contribution < -0.4 is 9.47 Å². The Bertz CT molecular complexity index is 1100. The number of rotatable bonds is 10. The Kier molecular flexibility index (Phi) is 6.55. The highest BCUT2D eigenvalue weighted by Crippen LogP contribution is 2.28.